The Hall–Kier alpha value is -3.13. The number of piperazine rings is 1. The first-order chi connectivity index (χ1) is 16.9. The van der Waals surface area contributed by atoms with Gasteiger partial charge in [0.1, 0.15) is 12.3 Å². The largest absolute Gasteiger partial charge is 0.326 e. The molecule has 2 aromatic carbocycles. The highest BCUT2D eigenvalue weighted by molar-refractivity contribution is 5.81. The highest BCUT2D eigenvalue weighted by Crippen LogP contribution is 2.09. The second-order valence-electron chi connectivity index (χ2n) is 8.44. The molecule has 0 spiro atoms. The number of aldehydes is 1. The van der Waals surface area contributed by atoms with Gasteiger partial charge in [0, 0.05) is 55.5 Å². The fourth-order valence-electron chi connectivity index (χ4n) is 3.48. The maximum atomic E-state index is 11.1. The van der Waals surface area contributed by atoms with Gasteiger partial charge in [-0.1, -0.05) is 41.1 Å². The van der Waals surface area contributed by atoms with E-state index in [-0.39, 0.29) is 0 Å². The molecule has 1 fully saturated rings. The number of amides is 1. The number of hydrogen-bond donors (Lipinski definition) is 3. The molecule has 1 aliphatic heterocycles. The quantitative estimate of drug-likeness (QED) is 0.312. The van der Waals surface area contributed by atoms with Crippen LogP contribution in [-0.2, 0) is 16.4 Å². The van der Waals surface area contributed by atoms with Crippen LogP contribution < -0.4 is 16.5 Å². The number of carbonyl (C=O) groups excluding carboxylic acids is 2. The lowest BCUT2D eigenvalue weighted by Crippen LogP contribution is -2.51. The van der Waals surface area contributed by atoms with Crippen LogP contribution in [0, 0.1) is 11.8 Å². The van der Waals surface area contributed by atoms with E-state index < -0.39 is 18.0 Å². The SMILES string of the molecule is CN1CCN(Cc2ccc(C#Cc3ccc(C=O)cc3)cc2)CC1.CNC(C(=O)NOF)C(C)N. The second-order valence-corrected chi connectivity index (χ2v) is 8.44. The predicted molar refractivity (Wildman–Crippen MR) is 134 cm³/mol. The Kier molecular flexibility index (Phi) is 12.0. The first-order valence-corrected chi connectivity index (χ1v) is 11.4. The van der Waals surface area contributed by atoms with E-state index in [9.17, 15) is 14.1 Å². The van der Waals surface area contributed by atoms with Crippen LogP contribution in [0.2, 0.25) is 0 Å². The third kappa shape index (κ3) is 9.94. The summed E-state index contributed by atoms with van der Waals surface area (Å²) in [5.41, 5.74) is 10.8. The van der Waals surface area contributed by atoms with Gasteiger partial charge in [-0.3, -0.25) is 14.5 Å². The predicted octanol–water partition coefficient (Wildman–Crippen LogP) is 1.50. The molecule has 188 valence electrons. The van der Waals surface area contributed by atoms with E-state index in [1.807, 2.05) is 12.1 Å². The van der Waals surface area contributed by atoms with Crippen LogP contribution in [0.3, 0.4) is 0 Å². The zero-order valence-corrected chi connectivity index (χ0v) is 20.5. The van der Waals surface area contributed by atoms with Crippen molar-refractivity contribution in [3.8, 4) is 11.8 Å². The number of nitrogens with two attached hydrogens (primary N) is 1. The Morgan fingerprint density at radius 2 is 1.63 bits per heavy atom. The summed E-state index contributed by atoms with van der Waals surface area (Å²) in [6.45, 7) is 7.19. The number of likely N-dealkylation sites (N-methyl/N-ethyl adjacent to an activating group) is 2. The van der Waals surface area contributed by atoms with Gasteiger partial charge in [-0.2, -0.15) is 5.48 Å². The van der Waals surface area contributed by atoms with Crippen molar-refractivity contribution >= 4 is 12.2 Å². The molecule has 2 aromatic rings. The van der Waals surface area contributed by atoms with E-state index in [0.29, 0.717) is 5.56 Å². The van der Waals surface area contributed by atoms with Crippen molar-refractivity contribution in [2.45, 2.75) is 25.6 Å². The lowest BCUT2D eigenvalue weighted by Gasteiger charge is -2.32. The van der Waals surface area contributed by atoms with Gasteiger partial charge in [0.05, 0.1) is 0 Å². The minimum absolute atomic E-state index is 0.407. The normalized spacial score (nSPS) is 15.6. The summed E-state index contributed by atoms with van der Waals surface area (Å²) in [4.78, 5) is 26.3. The maximum Gasteiger partial charge on any atom is 0.264 e. The minimum atomic E-state index is -0.647. The van der Waals surface area contributed by atoms with Crippen molar-refractivity contribution in [2.75, 3.05) is 40.3 Å². The topological polar surface area (TPSA) is 99.9 Å². The summed E-state index contributed by atoms with van der Waals surface area (Å²) >= 11 is 0. The number of carbonyl (C=O) groups is 2. The minimum Gasteiger partial charge on any atom is -0.326 e. The summed E-state index contributed by atoms with van der Waals surface area (Å²) in [7, 11) is 3.73. The van der Waals surface area contributed by atoms with Crippen LogP contribution in [0.1, 0.15) is 34.0 Å². The van der Waals surface area contributed by atoms with Gasteiger partial charge in [-0.15, -0.1) is 0 Å². The molecule has 0 aromatic heterocycles. The van der Waals surface area contributed by atoms with Crippen LogP contribution in [-0.4, -0.2) is 74.4 Å². The molecule has 9 heteroatoms. The average Bonchev–Trinajstić information content (AvgIpc) is 2.86. The van der Waals surface area contributed by atoms with E-state index in [4.69, 9.17) is 5.73 Å². The van der Waals surface area contributed by atoms with Gasteiger partial charge < -0.3 is 16.0 Å². The first kappa shape index (κ1) is 28.1. The summed E-state index contributed by atoms with van der Waals surface area (Å²) in [6.07, 6.45) is 0.844. The Labute approximate surface area is 206 Å². The fraction of sp³-hybridized carbons (Fsp3) is 0.385. The zero-order chi connectivity index (χ0) is 25.6. The number of rotatable bonds is 7. The van der Waals surface area contributed by atoms with Crippen molar-refractivity contribution in [3.63, 3.8) is 0 Å². The molecule has 1 heterocycles. The molecule has 1 saturated heterocycles. The molecular weight excluding hydrogens is 449 g/mol. The highest BCUT2D eigenvalue weighted by Gasteiger charge is 2.20. The van der Waals surface area contributed by atoms with Crippen LogP contribution in [0.5, 0.6) is 0 Å². The Bertz CT molecular complexity index is 979. The lowest BCUT2D eigenvalue weighted by atomic mass is 10.1. The van der Waals surface area contributed by atoms with Crippen molar-refractivity contribution in [3.05, 3.63) is 70.8 Å². The molecule has 0 radical (unpaired) electrons. The number of hydroxylamine groups is 1. The summed E-state index contributed by atoms with van der Waals surface area (Å²) in [6, 6.07) is 14.8. The molecule has 35 heavy (non-hydrogen) atoms. The van der Waals surface area contributed by atoms with E-state index in [1.54, 1.807) is 26.1 Å². The van der Waals surface area contributed by atoms with Gasteiger partial charge in [-0.05, 0) is 55.4 Å². The Morgan fingerprint density at radius 3 is 2.09 bits per heavy atom. The first-order valence-electron chi connectivity index (χ1n) is 11.4. The van der Waals surface area contributed by atoms with Crippen LogP contribution in [0.15, 0.2) is 48.5 Å². The highest BCUT2D eigenvalue weighted by atomic mass is 19.3. The van der Waals surface area contributed by atoms with Crippen molar-refractivity contribution in [2.24, 2.45) is 5.73 Å². The molecule has 0 bridgehead atoms. The second kappa shape index (κ2) is 15.0. The number of nitrogens with zero attached hydrogens (tertiary/aromatic N) is 2. The molecular formula is C26H34FN5O3. The van der Waals surface area contributed by atoms with Gasteiger partial charge in [0.2, 0.25) is 0 Å². The zero-order valence-electron chi connectivity index (χ0n) is 20.5. The Balaban J connectivity index is 0.000000334. The van der Waals surface area contributed by atoms with Crippen LogP contribution in [0.4, 0.5) is 4.53 Å². The summed E-state index contributed by atoms with van der Waals surface area (Å²) in [5, 5.41) is 5.54. The van der Waals surface area contributed by atoms with E-state index >= 15 is 0 Å². The molecule has 8 nitrogen and oxygen atoms in total. The molecule has 1 aliphatic rings. The van der Waals surface area contributed by atoms with Gasteiger partial charge in [0.25, 0.3) is 5.91 Å². The van der Waals surface area contributed by atoms with Crippen LogP contribution >= 0.6 is 0 Å². The third-order valence-corrected chi connectivity index (χ3v) is 5.61. The monoisotopic (exact) mass is 483 g/mol. The number of benzene rings is 2. The van der Waals surface area contributed by atoms with Gasteiger partial charge in [0.15, 0.2) is 0 Å². The molecule has 2 unspecified atom stereocenters. The standard InChI is InChI=1S/C21H22N2O.C5H12FN3O2/c1-22-12-14-23(15-13-22)16-20-8-4-18(5-9-20)2-3-19-6-10-21(17-24)11-7-19;1-3(7)4(8-2)5(10)9-11-6/h4-11,17H,12-16H2,1H3;3-4,8H,7H2,1-2H3,(H,9,10). The molecule has 4 N–H and O–H groups in total. The van der Waals surface area contributed by atoms with Gasteiger partial charge in [-0.25, -0.2) is 0 Å². The van der Waals surface area contributed by atoms with Crippen LogP contribution in [0.25, 0.3) is 0 Å². The molecule has 2 atom stereocenters. The maximum absolute atomic E-state index is 11.1. The number of halogens is 1. The number of nitrogens with one attached hydrogen (secondary N) is 2. The van der Waals surface area contributed by atoms with E-state index in [1.165, 1.54) is 11.0 Å². The third-order valence-electron chi connectivity index (χ3n) is 5.61. The molecule has 0 aliphatic carbocycles. The number of hydrogen-bond acceptors (Lipinski definition) is 7. The van der Waals surface area contributed by atoms with Crippen molar-refractivity contribution < 1.29 is 19.2 Å². The van der Waals surface area contributed by atoms with Crippen molar-refractivity contribution in [1.29, 1.82) is 0 Å². The Morgan fingerprint density at radius 1 is 1.09 bits per heavy atom. The average molecular weight is 484 g/mol. The summed E-state index contributed by atoms with van der Waals surface area (Å²) < 4.78 is 11.1. The van der Waals surface area contributed by atoms with E-state index in [2.05, 4.69) is 63.3 Å². The smallest absolute Gasteiger partial charge is 0.264 e. The molecule has 0 saturated carbocycles. The lowest BCUT2D eigenvalue weighted by molar-refractivity contribution is -0.200. The van der Waals surface area contributed by atoms with E-state index in [0.717, 1.165) is 50.1 Å². The molecule has 1 amide bonds. The van der Waals surface area contributed by atoms with Crippen molar-refractivity contribution in [1.82, 2.24) is 20.6 Å². The van der Waals surface area contributed by atoms with Gasteiger partial charge >= 0.3 is 0 Å². The fourth-order valence-corrected chi connectivity index (χ4v) is 3.48. The summed E-state index contributed by atoms with van der Waals surface area (Å²) in [5.74, 6) is 5.68. The molecule has 3 rings (SSSR count).